The molecule has 0 unspecified atom stereocenters. The van der Waals surface area contributed by atoms with Crippen LogP contribution >= 0.6 is 11.6 Å². The highest BCUT2D eigenvalue weighted by molar-refractivity contribution is 6.31. The SMILES string of the molecule is Cc1ccc(NC(=O)CCNCc2ccccn2)cc1Cl. The topological polar surface area (TPSA) is 54.0 Å². The van der Waals surface area contributed by atoms with E-state index in [1.54, 1.807) is 12.3 Å². The van der Waals surface area contributed by atoms with E-state index < -0.39 is 0 Å². The van der Waals surface area contributed by atoms with Crippen LogP contribution in [-0.2, 0) is 11.3 Å². The van der Waals surface area contributed by atoms with Crippen molar-refractivity contribution in [2.45, 2.75) is 19.9 Å². The van der Waals surface area contributed by atoms with Gasteiger partial charge in [-0.2, -0.15) is 0 Å². The van der Waals surface area contributed by atoms with Gasteiger partial charge in [0.15, 0.2) is 0 Å². The lowest BCUT2D eigenvalue weighted by Crippen LogP contribution is -2.21. The van der Waals surface area contributed by atoms with Gasteiger partial charge in [0, 0.05) is 36.4 Å². The molecule has 2 N–H and O–H groups in total. The molecule has 0 spiro atoms. The zero-order valence-electron chi connectivity index (χ0n) is 11.9. The van der Waals surface area contributed by atoms with E-state index in [2.05, 4.69) is 15.6 Å². The van der Waals surface area contributed by atoms with E-state index in [0.29, 0.717) is 24.5 Å². The Hall–Kier alpha value is -1.91. The maximum atomic E-state index is 11.8. The first-order valence-corrected chi connectivity index (χ1v) is 7.19. The summed E-state index contributed by atoms with van der Waals surface area (Å²) in [6, 6.07) is 11.3. The highest BCUT2D eigenvalue weighted by Gasteiger charge is 2.04. The molecule has 0 aliphatic rings. The van der Waals surface area contributed by atoms with Gasteiger partial charge < -0.3 is 10.6 Å². The molecule has 1 aromatic carbocycles. The molecule has 1 amide bonds. The smallest absolute Gasteiger partial charge is 0.225 e. The number of carbonyl (C=O) groups is 1. The normalized spacial score (nSPS) is 10.4. The Balaban J connectivity index is 1.71. The Morgan fingerprint density at radius 2 is 2.14 bits per heavy atom. The molecule has 0 atom stereocenters. The molecule has 0 bridgehead atoms. The van der Waals surface area contributed by atoms with E-state index in [1.807, 2.05) is 37.3 Å². The monoisotopic (exact) mass is 303 g/mol. The van der Waals surface area contributed by atoms with Gasteiger partial charge in [0.1, 0.15) is 0 Å². The third kappa shape index (κ3) is 5.17. The fraction of sp³-hybridized carbons (Fsp3) is 0.250. The van der Waals surface area contributed by atoms with Crippen LogP contribution in [0.2, 0.25) is 5.02 Å². The highest BCUT2D eigenvalue weighted by atomic mass is 35.5. The zero-order valence-corrected chi connectivity index (χ0v) is 12.7. The fourth-order valence-corrected chi connectivity index (χ4v) is 2.00. The van der Waals surface area contributed by atoms with Gasteiger partial charge >= 0.3 is 0 Å². The summed E-state index contributed by atoms with van der Waals surface area (Å²) in [5.41, 5.74) is 2.68. The Morgan fingerprint density at radius 1 is 1.29 bits per heavy atom. The molecular formula is C16H18ClN3O. The number of halogens is 1. The molecule has 1 aromatic heterocycles. The van der Waals surface area contributed by atoms with Crippen molar-refractivity contribution in [3.63, 3.8) is 0 Å². The van der Waals surface area contributed by atoms with Gasteiger partial charge in [-0.1, -0.05) is 23.7 Å². The van der Waals surface area contributed by atoms with Gasteiger partial charge in [0.2, 0.25) is 5.91 Å². The Bertz CT molecular complexity index is 602. The number of hydrogen-bond donors (Lipinski definition) is 2. The molecule has 110 valence electrons. The van der Waals surface area contributed by atoms with E-state index >= 15 is 0 Å². The van der Waals surface area contributed by atoms with Crippen molar-refractivity contribution in [1.82, 2.24) is 10.3 Å². The maximum Gasteiger partial charge on any atom is 0.225 e. The maximum absolute atomic E-state index is 11.8. The van der Waals surface area contributed by atoms with Crippen LogP contribution in [0.3, 0.4) is 0 Å². The summed E-state index contributed by atoms with van der Waals surface area (Å²) in [5, 5.41) is 6.67. The molecular weight excluding hydrogens is 286 g/mol. The average Bonchev–Trinajstić information content (AvgIpc) is 2.49. The molecule has 1 heterocycles. The zero-order chi connectivity index (χ0) is 15.1. The van der Waals surface area contributed by atoms with Crippen molar-refractivity contribution in [2.75, 3.05) is 11.9 Å². The fourth-order valence-electron chi connectivity index (χ4n) is 1.82. The third-order valence-electron chi connectivity index (χ3n) is 3.02. The van der Waals surface area contributed by atoms with E-state index in [4.69, 9.17) is 11.6 Å². The molecule has 2 rings (SSSR count). The lowest BCUT2D eigenvalue weighted by molar-refractivity contribution is -0.116. The van der Waals surface area contributed by atoms with Gasteiger partial charge in [0.25, 0.3) is 0 Å². The summed E-state index contributed by atoms with van der Waals surface area (Å²) in [7, 11) is 0. The van der Waals surface area contributed by atoms with Gasteiger partial charge in [0.05, 0.1) is 5.69 Å². The number of amides is 1. The number of pyridine rings is 1. The first-order valence-electron chi connectivity index (χ1n) is 6.82. The molecule has 0 saturated heterocycles. The second kappa shape index (κ2) is 7.76. The number of nitrogens with zero attached hydrogens (tertiary/aromatic N) is 1. The number of carbonyl (C=O) groups excluding carboxylic acids is 1. The Labute approximate surface area is 129 Å². The second-order valence-corrected chi connectivity index (χ2v) is 5.17. The molecule has 4 nitrogen and oxygen atoms in total. The summed E-state index contributed by atoms with van der Waals surface area (Å²) in [6.07, 6.45) is 2.16. The standard InChI is InChI=1S/C16H18ClN3O/c1-12-5-6-13(10-15(12)17)20-16(21)7-9-18-11-14-4-2-3-8-19-14/h2-6,8,10,18H,7,9,11H2,1H3,(H,20,21). The van der Waals surface area contributed by atoms with E-state index in [-0.39, 0.29) is 5.91 Å². The lowest BCUT2D eigenvalue weighted by Gasteiger charge is -2.07. The number of nitrogens with one attached hydrogen (secondary N) is 2. The quantitative estimate of drug-likeness (QED) is 0.806. The number of benzene rings is 1. The number of rotatable bonds is 6. The Morgan fingerprint density at radius 3 is 2.86 bits per heavy atom. The molecule has 5 heteroatoms. The van der Waals surface area contributed by atoms with Gasteiger partial charge in [-0.05, 0) is 36.8 Å². The van der Waals surface area contributed by atoms with Gasteiger partial charge in [-0.3, -0.25) is 9.78 Å². The summed E-state index contributed by atoms with van der Waals surface area (Å²) in [6.45, 7) is 3.18. The van der Waals surface area contributed by atoms with Crippen molar-refractivity contribution in [2.24, 2.45) is 0 Å². The Kier molecular flexibility index (Phi) is 5.72. The van der Waals surface area contributed by atoms with Crippen molar-refractivity contribution >= 4 is 23.2 Å². The largest absolute Gasteiger partial charge is 0.326 e. The molecule has 21 heavy (non-hydrogen) atoms. The molecule has 2 aromatic rings. The molecule has 0 saturated carbocycles. The number of anilines is 1. The van der Waals surface area contributed by atoms with Crippen LogP contribution in [0, 0.1) is 6.92 Å². The van der Waals surface area contributed by atoms with Crippen molar-refractivity contribution < 1.29 is 4.79 Å². The summed E-state index contributed by atoms with van der Waals surface area (Å²) in [4.78, 5) is 16.0. The van der Waals surface area contributed by atoms with Crippen LogP contribution in [0.1, 0.15) is 17.7 Å². The molecule has 0 fully saturated rings. The molecule has 0 radical (unpaired) electrons. The first kappa shape index (κ1) is 15.5. The lowest BCUT2D eigenvalue weighted by atomic mass is 10.2. The van der Waals surface area contributed by atoms with Crippen molar-refractivity contribution in [1.29, 1.82) is 0 Å². The predicted molar refractivity (Wildman–Crippen MR) is 85.4 cm³/mol. The first-order chi connectivity index (χ1) is 10.1. The number of aryl methyl sites for hydroxylation is 1. The second-order valence-electron chi connectivity index (χ2n) is 4.76. The minimum absolute atomic E-state index is 0.0385. The van der Waals surface area contributed by atoms with E-state index in [1.165, 1.54) is 0 Å². The van der Waals surface area contributed by atoms with Crippen LogP contribution in [0.15, 0.2) is 42.6 Å². The predicted octanol–water partition coefficient (Wildman–Crippen LogP) is 3.16. The van der Waals surface area contributed by atoms with Gasteiger partial charge in [-0.15, -0.1) is 0 Å². The molecule has 0 aliphatic carbocycles. The van der Waals surface area contributed by atoms with E-state index in [9.17, 15) is 4.79 Å². The minimum Gasteiger partial charge on any atom is -0.326 e. The number of hydrogen-bond acceptors (Lipinski definition) is 3. The highest BCUT2D eigenvalue weighted by Crippen LogP contribution is 2.19. The van der Waals surface area contributed by atoms with Gasteiger partial charge in [-0.25, -0.2) is 0 Å². The van der Waals surface area contributed by atoms with Crippen LogP contribution in [0.4, 0.5) is 5.69 Å². The number of aromatic nitrogens is 1. The summed E-state index contributed by atoms with van der Waals surface area (Å²) < 4.78 is 0. The van der Waals surface area contributed by atoms with Crippen molar-refractivity contribution in [3.05, 3.63) is 58.9 Å². The van der Waals surface area contributed by atoms with Crippen LogP contribution in [0.25, 0.3) is 0 Å². The van der Waals surface area contributed by atoms with Crippen LogP contribution in [0.5, 0.6) is 0 Å². The van der Waals surface area contributed by atoms with Crippen LogP contribution in [-0.4, -0.2) is 17.4 Å². The van der Waals surface area contributed by atoms with Crippen LogP contribution < -0.4 is 10.6 Å². The summed E-state index contributed by atoms with van der Waals surface area (Å²) >= 11 is 6.02. The van der Waals surface area contributed by atoms with E-state index in [0.717, 1.165) is 16.9 Å². The minimum atomic E-state index is -0.0385. The third-order valence-corrected chi connectivity index (χ3v) is 3.42. The molecule has 0 aliphatic heterocycles. The van der Waals surface area contributed by atoms with Crippen molar-refractivity contribution in [3.8, 4) is 0 Å². The summed E-state index contributed by atoms with van der Waals surface area (Å²) in [5.74, 6) is -0.0385. The average molecular weight is 304 g/mol.